The first-order valence-corrected chi connectivity index (χ1v) is 9.11. The lowest BCUT2D eigenvalue weighted by molar-refractivity contribution is -0.157. The van der Waals surface area contributed by atoms with Gasteiger partial charge in [-0.1, -0.05) is 12.8 Å². The summed E-state index contributed by atoms with van der Waals surface area (Å²) in [6, 6.07) is 3.14. The Morgan fingerprint density at radius 2 is 1.93 bits per heavy atom. The zero-order chi connectivity index (χ0) is 19.6. The molecule has 6 nitrogen and oxygen atoms in total. The van der Waals surface area contributed by atoms with Crippen LogP contribution >= 0.6 is 0 Å². The number of hydrogen-bond acceptors (Lipinski definition) is 4. The van der Waals surface area contributed by atoms with Crippen LogP contribution in [-0.2, 0) is 19.1 Å². The molecule has 0 unspecified atom stereocenters. The maximum absolute atomic E-state index is 13.2. The standard InChI is InChI=1S/C19H22F2N2O4/c1-11(18(25)22-13-6-7-15(20)16(21)9-13)27-19(26)12-8-17(24)23(10-12)14-4-2-3-5-14/h6-7,9,11-12,14H,2-5,8,10H2,1H3,(H,22,25)/t11-,12+/m0/s1. The summed E-state index contributed by atoms with van der Waals surface area (Å²) in [6.45, 7) is 1.71. The number of nitrogens with zero attached hydrogens (tertiary/aromatic N) is 1. The summed E-state index contributed by atoms with van der Waals surface area (Å²) < 4.78 is 31.3. The number of anilines is 1. The van der Waals surface area contributed by atoms with Crippen molar-refractivity contribution in [1.82, 2.24) is 4.90 Å². The number of amides is 2. The summed E-state index contributed by atoms with van der Waals surface area (Å²) in [5.74, 6) is -4.01. The topological polar surface area (TPSA) is 75.7 Å². The molecule has 0 aromatic heterocycles. The highest BCUT2D eigenvalue weighted by Crippen LogP contribution is 2.30. The van der Waals surface area contributed by atoms with E-state index in [-0.39, 0.29) is 24.1 Å². The van der Waals surface area contributed by atoms with Crippen LogP contribution in [0.25, 0.3) is 0 Å². The maximum atomic E-state index is 13.2. The molecule has 0 bridgehead atoms. The second-order valence-electron chi connectivity index (χ2n) is 7.08. The average Bonchev–Trinajstić information content (AvgIpc) is 3.27. The molecule has 2 fully saturated rings. The van der Waals surface area contributed by atoms with E-state index < -0.39 is 35.5 Å². The van der Waals surface area contributed by atoms with Gasteiger partial charge in [-0.25, -0.2) is 8.78 Å². The van der Waals surface area contributed by atoms with Gasteiger partial charge in [0.05, 0.1) is 5.92 Å². The molecule has 0 spiro atoms. The normalized spacial score (nSPS) is 21.4. The monoisotopic (exact) mass is 380 g/mol. The summed E-state index contributed by atoms with van der Waals surface area (Å²) in [6.07, 6.45) is 3.06. The number of benzene rings is 1. The first-order chi connectivity index (χ1) is 12.8. The Bertz CT molecular complexity index is 749. The van der Waals surface area contributed by atoms with Crippen molar-refractivity contribution in [2.45, 2.75) is 51.2 Å². The highest BCUT2D eigenvalue weighted by molar-refractivity contribution is 5.95. The van der Waals surface area contributed by atoms with E-state index in [2.05, 4.69) is 5.32 Å². The van der Waals surface area contributed by atoms with Gasteiger partial charge in [0.25, 0.3) is 5.91 Å². The van der Waals surface area contributed by atoms with Crippen LogP contribution in [-0.4, -0.2) is 41.4 Å². The molecule has 2 atom stereocenters. The number of halogens is 2. The van der Waals surface area contributed by atoms with Gasteiger partial charge in [-0.2, -0.15) is 0 Å². The molecule has 1 saturated carbocycles. The van der Waals surface area contributed by atoms with Crippen LogP contribution in [0.5, 0.6) is 0 Å². The number of ether oxygens (including phenoxy) is 1. The van der Waals surface area contributed by atoms with Gasteiger partial charge in [0.1, 0.15) is 0 Å². The molecule has 1 heterocycles. The summed E-state index contributed by atoms with van der Waals surface area (Å²) in [5.41, 5.74) is 0.0604. The molecule has 0 radical (unpaired) electrons. The van der Waals surface area contributed by atoms with Crippen LogP contribution in [0.3, 0.4) is 0 Å². The lowest BCUT2D eigenvalue weighted by Gasteiger charge is -2.24. The number of carbonyl (C=O) groups is 3. The van der Waals surface area contributed by atoms with Crippen molar-refractivity contribution >= 4 is 23.5 Å². The van der Waals surface area contributed by atoms with Gasteiger partial charge in [-0.15, -0.1) is 0 Å². The molecule has 8 heteroatoms. The van der Waals surface area contributed by atoms with Gasteiger partial charge in [-0.05, 0) is 31.9 Å². The minimum atomic E-state index is -1.12. The zero-order valence-corrected chi connectivity index (χ0v) is 15.0. The Kier molecular flexibility index (Phi) is 5.72. The summed E-state index contributed by atoms with van der Waals surface area (Å²) in [7, 11) is 0. The van der Waals surface area contributed by atoms with Crippen LogP contribution in [0.4, 0.5) is 14.5 Å². The fourth-order valence-corrected chi connectivity index (χ4v) is 3.60. The number of nitrogens with one attached hydrogen (secondary N) is 1. The molecule has 1 aromatic rings. The Balaban J connectivity index is 1.53. The molecule has 2 aliphatic rings. The van der Waals surface area contributed by atoms with Gasteiger partial charge in [-0.3, -0.25) is 14.4 Å². The quantitative estimate of drug-likeness (QED) is 0.797. The third-order valence-corrected chi connectivity index (χ3v) is 5.11. The number of rotatable bonds is 5. The van der Waals surface area contributed by atoms with Gasteiger partial charge < -0.3 is 15.0 Å². The molecular weight excluding hydrogens is 358 g/mol. The van der Waals surface area contributed by atoms with E-state index in [0.29, 0.717) is 6.54 Å². The predicted octanol–water partition coefficient (Wildman–Crippen LogP) is 2.63. The summed E-state index contributed by atoms with van der Waals surface area (Å²) >= 11 is 0. The molecule has 2 amide bonds. The number of carbonyl (C=O) groups excluding carboxylic acids is 3. The molecular formula is C19H22F2N2O4. The third-order valence-electron chi connectivity index (χ3n) is 5.11. The highest BCUT2D eigenvalue weighted by atomic mass is 19.2. The summed E-state index contributed by atoms with van der Waals surface area (Å²) in [4.78, 5) is 38.4. The van der Waals surface area contributed by atoms with E-state index in [4.69, 9.17) is 4.74 Å². The minimum Gasteiger partial charge on any atom is -0.452 e. The lowest BCUT2D eigenvalue weighted by Crippen LogP contribution is -2.36. The van der Waals surface area contributed by atoms with Gasteiger partial charge in [0.15, 0.2) is 17.7 Å². The molecule has 1 aliphatic carbocycles. The smallest absolute Gasteiger partial charge is 0.312 e. The molecule has 1 aliphatic heterocycles. The first kappa shape index (κ1) is 19.3. The van der Waals surface area contributed by atoms with Crippen molar-refractivity contribution in [3.63, 3.8) is 0 Å². The van der Waals surface area contributed by atoms with E-state index in [0.717, 1.165) is 37.8 Å². The minimum absolute atomic E-state index is 0.0530. The fraction of sp³-hybridized carbons (Fsp3) is 0.526. The van der Waals surface area contributed by atoms with E-state index in [1.807, 2.05) is 0 Å². The van der Waals surface area contributed by atoms with Crippen LogP contribution < -0.4 is 5.32 Å². The Morgan fingerprint density at radius 3 is 2.59 bits per heavy atom. The number of esters is 1. The van der Waals surface area contributed by atoms with E-state index in [9.17, 15) is 23.2 Å². The van der Waals surface area contributed by atoms with E-state index in [1.54, 1.807) is 4.90 Å². The van der Waals surface area contributed by atoms with Crippen molar-refractivity contribution in [1.29, 1.82) is 0 Å². The first-order valence-electron chi connectivity index (χ1n) is 9.11. The Labute approximate surface area is 155 Å². The van der Waals surface area contributed by atoms with Crippen molar-refractivity contribution < 1.29 is 27.9 Å². The van der Waals surface area contributed by atoms with Gasteiger partial charge >= 0.3 is 5.97 Å². The van der Waals surface area contributed by atoms with Crippen molar-refractivity contribution in [3.8, 4) is 0 Å². The van der Waals surface area contributed by atoms with Gasteiger partial charge in [0, 0.05) is 30.8 Å². The fourth-order valence-electron chi connectivity index (χ4n) is 3.60. The van der Waals surface area contributed by atoms with Crippen LogP contribution in [0.15, 0.2) is 18.2 Å². The second-order valence-corrected chi connectivity index (χ2v) is 7.08. The zero-order valence-electron chi connectivity index (χ0n) is 15.0. The van der Waals surface area contributed by atoms with Crippen LogP contribution in [0.1, 0.15) is 39.0 Å². The molecule has 146 valence electrons. The Hall–Kier alpha value is -2.51. The van der Waals surface area contributed by atoms with E-state index in [1.165, 1.54) is 13.0 Å². The van der Waals surface area contributed by atoms with Crippen molar-refractivity contribution in [3.05, 3.63) is 29.8 Å². The van der Waals surface area contributed by atoms with Crippen molar-refractivity contribution in [2.24, 2.45) is 5.92 Å². The molecule has 1 saturated heterocycles. The SMILES string of the molecule is C[C@H](OC(=O)[C@@H]1CC(=O)N(C2CCCC2)C1)C(=O)Nc1ccc(F)c(F)c1. The summed E-state index contributed by atoms with van der Waals surface area (Å²) in [5, 5.41) is 2.37. The molecule has 3 rings (SSSR count). The molecule has 27 heavy (non-hydrogen) atoms. The van der Waals surface area contributed by atoms with Crippen LogP contribution in [0, 0.1) is 17.6 Å². The number of hydrogen-bond donors (Lipinski definition) is 1. The lowest BCUT2D eigenvalue weighted by atomic mass is 10.1. The Morgan fingerprint density at radius 1 is 1.22 bits per heavy atom. The molecule has 1 N–H and O–H groups in total. The molecule has 1 aromatic carbocycles. The largest absolute Gasteiger partial charge is 0.452 e. The maximum Gasteiger partial charge on any atom is 0.312 e. The average molecular weight is 380 g/mol. The van der Waals surface area contributed by atoms with Crippen LogP contribution in [0.2, 0.25) is 0 Å². The van der Waals surface area contributed by atoms with Crippen molar-refractivity contribution in [2.75, 3.05) is 11.9 Å². The number of likely N-dealkylation sites (tertiary alicyclic amines) is 1. The second kappa shape index (κ2) is 8.02. The predicted molar refractivity (Wildman–Crippen MR) is 92.6 cm³/mol. The highest BCUT2D eigenvalue weighted by Gasteiger charge is 2.40. The third kappa shape index (κ3) is 4.43. The van der Waals surface area contributed by atoms with E-state index >= 15 is 0 Å². The van der Waals surface area contributed by atoms with Gasteiger partial charge in [0.2, 0.25) is 5.91 Å².